The minimum Gasteiger partial charge on any atom is -0.495 e. The van der Waals surface area contributed by atoms with Crippen LogP contribution in [0.15, 0.2) is 42.5 Å². The lowest BCUT2D eigenvalue weighted by molar-refractivity contribution is -0.119. The van der Waals surface area contributed by atoms with E-state index in [1.807, 2.05) is 30.0 Å². The summed E-state index contributed by atoms with van der Waals surface area (Å²) in [7, 11) is 1.58. The molecule has 2 aromatic rings. The fourth-order valence-electron chi connectivity index (χ4n) is 3.04. The first-order valence-electron chi connectivity index (χ1n) is 8.59. The van der Waals surface area contributed by atoms with Crippen molar-refractivity contribution in [2.24, 2.45) is 0 Å². The summed E-state index contributed by atoms with van der Waals surface area (Å²) in [6, 6.07) is 12.0. The van der Waals surface area contributed by atoms with E-state index in [1.54, 1.807) is 19.2 Å². The summed E-state index contributed by atoms with van der Waals surface area (Å²) in [6.45, 7) is 4.02. The number of aryl methyl sites for hydroxylation is 1. The van der Waals surface area contributed by atoms with Crippen molar-refractivity contribution in [1.82, 2.24) is 4.90 Å². The van der Waals surface area contributed by atoms with Crippen molar-refractivity contribution >= 4 is 11.6 Å². The normalized spacial score (nSPS) is 17.7. The number of halogens is 1. The van der Waals surface area contributed by atoms with Crippen LogP contribution in [-0.2, 0) is 9.53 Å². The second-order valence-corrected chi connectivity index (χ2v) is 6.40. The molecule has 1 saturated heterocycles. The Morgan fingerprint density at radius 2 is 2.08 bits per heavy atom. The Kier molecular flexibility index (Phi) is 5.85. The van der Waals surface area contributed by atoms with E-state index in [4.69, 9.17) is 9.47 Å². The molecule has 1 atom stereocenters. The number of morpholine rings is 1. The summed E-state index contributed by atoms with van der Waals surface area (Å²) in [6.07, 6.45) is -0.161. The van der Waals surface area contributed by atoms with Gasteiger partial charge < -0.3 is 14.8 Å². The Morgan fingerprint density at radius 1 is 1.31 bits per heavy atom. The molecule has 0 saturated carbocycles. The molecule has 1 heterocycles. The first-order valence-corrected chi connectivity index (χ1v) is 8.59. The third-order valence-electron chi connectivity index (χ3n) is 4.39. The van der Waals surface area contributed by atoms with Gasteiger partial charge in [0.25, 0.3) is 0 Å². The van der Waals surface area contributed by atoms with E-state index in [2.05, 4.69) is 5.32 Å². The van der Waals surface area contributed by atoms with Crippen LogP contribution in [0.5, 0.6) is 5.75 Å². The molecule has 2 aromatic carbocycles. The number of rotatable bonds is 5. The molecule has 6 heteroatoms. The van der Waals surface area contributed by atoms with Crippen molar-refractivity contribution in [3.05, 3.63) is 59.4 Å². The number of nitrogens with zero attached hydrogens (tertiary/aromatic N) is 1. The van der Waals surface area contributed by atoms with Gasteiger partial charge in [0.05, 0.1) is 32.1 Å². The maximum atomic E-state index is 13.1. The number of anilines is 1. The molecule has 0 aliphatic carbocycles. The van der Waals surface area contributed by atoms with Gasteiger partial charge in [0.1, 0.15) is 11.6 Å². The number of carbonyl (C=O) groups is 1. The van der Waals surface area contributed by atoms with Crippen LogP contribution in [0, 0.1) is 12.7 Å². The summed E-state index contributed by atoms with van der Waals surface area (Å²) in [5, 5.41) is 2.92. The summed E-state index contributed by atoms with van der Waals surface area (Å²) in [5.41, 5.74) is 2.63. The van der Waals surface area contributed by atoms with Gasteiger partial charge in [-0.05, 0) is 42.3 Å². The maximum absolute atomic E-state index is 13.1. The van der Waals surface area contributed by atoms with Crippen LogP contribution < -0.4 is 10.1 Å². The lowest BCUT2D eigenvalue weighted by Gasteiger charge is -2.32. The van der Waals surface area contributed by atoms with Gasteiger partial charge in [-0.2, -0.15) is 0 Å². The lowest BCUT2D eigenvalue weighted by Crippen LogP contribution is -2.42. The van der Waals surface area contributed by atoms with E-state index < -0.39 is 0 Å². The van der Waals surface area contributed by atoms with Crippen LogP contribution >= 0.6 is 0 Å². The second-order valence-electron chi connectivity index (χ2n) is 6.40. The average molecular weight is 358 g/mol. The number of hydrogen-bond donors (Lipinski definition) is 1. The zero-order valence-electron chi connectivity index (χ0n) is 15.0. The van der Waals surface area contributed by atoms with Crippen molar-refractivity contribution in [1.29, 1.82) is 0 Å². The van der Waals surface area contributed by atoms with E-state index in [0.29, 0.717) is 31.1 Å². The highest BCUT2D eigenvalue weighted by Crippen LogP contribution is 2.26. The number of ether oxygens (including phenoxy) is 2. The Balaban J connectivity index is 1.60. The van der Waals surface area contributed by atoms with Gasteiger partial charge in [-0.3, -0.25) is 9.69 Å². The molecule has 1 unspecified atom stereocenters. The van der Waals surface area contributed by atoms with Crippen molar-refractivity contribution < 1.29 is 18.7 Å². The van der Waals surface area contributed by atoms with Crippen molar-refractivity contribution in [3.8, 4) is 5.75 Å². The van der Waals surface area contributed by atoms with Crippen LogP contribution in [0.25, 0.3) is 0 Å². The fourth-order valence-corrected chi connectivity index (χ4v) is 3.04. The molecule has 138 valence electrons. The van der Waals surface area contributed by atoms with Crippen LogP contribution in [-0.4, -0.2) is 44.2 Å². The van der Waals surface area contributed by atoms with E-state index in [0.717, 1.165) is 11.1 Å². The topological polar surface area (TPSA) is 50.8 Å². The number of methoxy groups -OCH3 is 1. The Morgan fingerprint density at radius 3 is 2.81 bits per heavy atom. The molecule has 1 aliphatic heterocycles. The molecule has 1 amide bonds. The van der Waals surface area contributed by atoms with Gasteiger partial charge in [0, 0.05) is 13.1 Å². The molecule has 3 rings (SSSR count). The fraction of sp³-hybridized carbons (Fsp3) is 0.350. The number of hydrogen-bond acceptors (Lipinski definition) is 4. The predicted octanol–water partition coefficient (Wildman–Crippen LogP) is 3.15. The summed E-state index contributed by atoms with van der Waals surface area (Å²) >= 11 is 0. The zero-order valence-corrected chi connectivity index (χ0v) is 15.0. The molecule has 0 aromatic heterocycles. The van der Waals surface area contributed by atoms with Gasteiger partial charge in [-0.15, -0.1) is 0 Å². The van der Waals surface area contributed by atoms with Crippen LogP contribution in [0.3, 0.4) is 0 Å². The highest BCUT2D eigenvalue weighted by molar-refractivity contribution is 5.93. The minimum absolute atomic E-state index is 0.103. The third-order valence-corrected chi connectivity index (χ3v) is 4.39. The number of carbonyl (C=O) groups excluding carboxylic acids is 1. The zero-order chi connectivity index (χ0) is 18.5. The van der Waals surface area contributed by atoms with Crippen LogP contribution in [0.4, 0.5) is 10.1 Å². The molecule has 1 aliphatic rings. The molecule has 0 spiro atoms. The van der Waals surface area contributed by atoms with E-state index in [-0.39, 0.29) is 24.4 Å². The van der Waals surface area contributed by atoms with E-state index in [9.17, 15) is 9.18 Å². The van der Waals surface area contributed by atoms with Crippen LogP contribution in [0.2, 0.25) is 0 Å². The molecule has 26 heavy (non-hydrogen) atoms. The van der Waals surface area contributed by atoms with Gasteiger partial charge >= 0.3 is 0 Å². The summed E-state index contributed by atoms with van der Waals surface area (Å²) in [4.78, 5) is 14.5. The number of nitrogens with one attached hydrogen (secondary N) is 1. The number of benzene rings is 2. The number of amides is 1. The van der Waals surface area contributed by atoms with E-state index >= 15 is 0 Å². The summed E-state index contributed by atoms with van der Waals surface area (Å²) in [5.74, 6) is 0.261. The summed E-state index contributed by atoms with van der Waals surface area (Å²) < 4.78 is 24.2. The highest BCUT2D eigenvalue weighted by Gasteiger charge is 2.23. The molecule has 1 N–H and O–H groups in total. The van der Waals surface area contributed by atoms with Crippen molar-refractivity contribution in [2.45, 2.75) is 13.0 Å². The van der Waals surface area contributed by atoms with Gasteiger partial charge in [0.15, 0.2) is 0 Å². The second kappa shape index (κ2) is 8.29. The van der Waals surface area contributed by atoms with Gasteiger partial charge in [-0.25, -0.2) is 4.39 Å². The average Bonchev–Trinajstić information content (AvgIpc) is 2.62. The standard InChI is InChI=1S/C20H23FN2O3/c1-14-3-8-18(25-2)17(11-14)22-20(24)13-23-9-10-26-19(12-23)15-4-6-16(21)7-5-15/h3-8,11,19H,9-10,12-13H2,1-2H3,(H,22,24). The molecule has 0 bridgehead atoms. The Hall–Kier alpha value is -2.44. The largest absolute Gasteiger partial charge is 0.495 e. The first-order chi connectivity index (χ1) is 12.5. The Bertz CT molecular complexity index is 764. The molecule has 5 nitrogen and oxygen atoms in total. The minimum atomic E-state index is -0.270. The van der Waals surface area contributed by atoms with Gasteiger partial charge in [-0.1, -0.05) is 18.2 Å². The van der Waals surface area contributed by atoms with E-state index in [1.165, 1.54) is 12.1 Å². The molecule has 1 fully saturated rings. The predicted molar refractivity (Wildman–Crippen MR) is 97.9 cm³/mol. The Labute approximate surface area is 152 Å². The van der Waals surface area contributed by atoms with Crippen molar-refractivity contribution in [2.75, 3.05) is 38.7 Å². The quantitative estimate of drug-likeness (QED) is 0.892. The van der Waals surface area contributed by atoms with Crippen LogP contribution in [0.1, 0.15) is 17.2 Å². The molecular weight excluding hydrogens is 335 g/mol. The van der Waals surface area contributed by atoms with Crippen molar-refractivity contribution in [3.63, 3.8) is 0 Å². The monoisotopic (exact) mass is 358 g/mol. The smallest absolute Gasteiger partial charge is 0.238 e. The molecular formula is C20H23FN2O3. The highest BCUT2D eigenvalue weighted by atomic mass is 19.1. The third kappa shape index (κ3) is 4.59. The molecule has 0 radical (unpaired) electrons. The maximum Gasteiger partial charge on any atom is 0.238 e. The van der Waals surface area contributed by atoms with Gasteiger partial charge in [0.2, 0.25) is 5.91 Å². The first kappa shape index (κ1) is 18.4. The lowest BCUT2D eigenvalue weighted by atomic mass is 10.1. The SMILES string of the molecule is COc1ccc(C)cc1NC(=O)CN1CCOC(c2ccc(F)cc2)C1.